The summed E-state index contributed by atoms with van der Waals surface area (Å²) < 4.78 is 6.45. The number of likely N-dealkylation sites (tertiary alicyclic amines) is 1. The minimum Gasteiger partial charge on any atom is -0.474 e. The number of nitrogens with one attached hydrogen (secondary N) is 1. The Kier molecular flexibility index (Phi) is 11.2. The zero-order valence-corrected chi connectivity index (χ0v) is 38.4. The molecule has 1 aromatic heterocycles. The molecule has 0 saturated carbocycles. The number of anilines is 3. The van der Waals surface area contributed by atoms with Crippen LogP contribution in [0.1, 0.15) is 11.1 Å². The van der Waals surface area contributed by atoms with Gasteiger partial charge in [0, 0.05) is 10.8 Å². The number of amides is 1. The van der Waals surface area contributed by atoms with Gasteiger partial charge in [-0.25, -0.2) is 4.90 Å². The molecule has 1 saturated heterocycles. The number of hydrogen-bond acceptors (Lipinski definition) is 13. The van der Waals surface area contributed by atoms with Crippen molar-refractivity contribution in [1.29, 1.82) is 0 Å². The lowest BCUT2D eigenvalue weighted by Crippen LogP contribution is -2.73. The van der Waals surface area contributed by atoms with Crippen LogP contribution in [0.3, 0.4) is 0 Å². The molecule has 35 heteroatoms. The van der Waals surface area contributed by atoms with Gasteiger partial charge in [-0.1, -0.05) is 27.2 Å². The molecule has 2 aliphatic rings. The number of carbonyl (C=O) groups is 1. The van der Waals surface area contributed by atoms with E-state index in [0.717, 1.165) is 15.8 Å². The van der Waals surface area contributed by atoms with Gasteiger partial charge in [0.2, 0.25) is 0 Å². The second-order valence-corrected chi connectivity index (χ2v) is 20.9. The Hall–Kier alpha value is -1.75. The predicted octanol–water partition coefficient (Wildman–Crippen LogP) is -26.5. The Morgan fingerprint density at radius 3 is 1.61 bits per heavy atom. The topological polar surface area (TPSA) is 218 Å². The summed E-state index contributed by atoms with van der Waals surface area (Å²) >= 11 is 0. The standard InChI is InChI=1S/C22H51B21N6O8/c23-3-1(4(24)6(26)5(25)2(3)13(29,51)49-21(42,55)16(33,34)18(36,54)22(49,43)56)12(27,28)48-9-7(45-10(50)14(48,30)52)8(44)46-11(47-9)57-20(40,41)17(35,53)15(31,32)19(37,38)39/h51-56H,23-43H2,(H,45,50)(H2,44,46,47). The molecule has 2 aliphatic heterocycles. The highest BCUT2D eigenvalue weighted by molar-refractivity contribution is 6.69. The van der Waals surface area contributed by atoms with Crippen LogP contribution in [0.5, 0.6) is 6.01 Å². The van der Waals surface area contributed by atoms with E-state index in [-0.39, 0.29) is 28.4 Å². The molecule has 3 heterocycles. The zero-order valence-electron chi connectivity index (χ0n) is 38.4. The minimum atomic E-state index is -2.24. The summed E-state index contributed by atoms with van der Waals surface area (Å²) in [5.41, 5.74) is -1.50. The number of benzene rings is 1. The van der Waals surface area contributed by atoms with E-state index in [0.29, 0.717) is 22.1 Å². The Morgan fingerprint density at radius 2 is 1.18 bits per heavy atom. The Labute approximate surface area is 356 Å². The third kappa shape index (κ3) is 6.31. The van der Waals surface area contributed by atoms with Crippen LogP contribution < -0.4 is 42.5 Å². The van der Waals surface area contributed by atoms with Crippen molar-refractivity contribution in [3.8, 4) is 6.01 Å². The van der Waals surface area contributed by atoms with Crippen molar-refractivity contribution in [2.45, 2.75) is 59.8 Å². The van der Waals surface area contributed by atoms with Crippen LogP contribution in [0.2, 0.25) is 15.5 Å². The van der Waals surface area contributed by atoms with Crippen LogP contribution in [-0.2, 0) is 15.8 Å². The third-order valence-corrected chi connectivity index (χ3v) is 15.7. The lowest BCUT2D eigenvalue weighted by atomic mass is 9.16. The van der Waals surface area contributed by atoms with Crippen molar-refractivity contribution in [3.05, 3.63) is 11.1 Å². The number of fused-ring (bicyclic) bond motifs is 1. The average molecular weight is 755 g/mol. The van der Waals surface area contributed by atoms with Gasteiger partial charge < -0.3 is 51.3 Å². The van der Waals surface area contributed by atoms with Crippen LogP contribution in [-0.4, -0.2) is 249 Å². The molecule has 4 rings (SSSR count). The summed E-state index contributed by atoms with van der Waals surface area (Å²) in [6.07, 6.45) is 0. The first-order valence-electron chi connectivity index (χ1n) is 19.7. The van der Waals surface area contributed by atoms with Gasteiger partial charge in [0.15, 0.2) is 48.6 Å². The maximum absolute atomic E-state index is 13.8. The van der Waals surface area contributed by atoms with E-state index in [1.165, 1.54) is 44.1 Å². The average Bonchev–Trinajstić information content (AvgIpc) is 3.06. The van der Waals surface area contributed by atoms with Gasteiger partial charge in [-0.15, -0.1) is 10.6 Å². The number of aromatic nitrogens is 2. The highest BCUT2D eigenvalue weighted by atomic mass is 16.5. The second-order valence-electron chi connectivity index (χ2n) is 20.9. The maximum atomic E-state index is 13.8. The molecular formula is C22H51B21N6O8. The smallest absolute Gasteiger partial charge is 0.319 e. The Morgan fingerprint density at radius 1 is 0.702 bits per heavy atom. The van der Waals surface area contributed by atoms with Gasteiger partial charge >= 0.3 is 6.01 Å². The highest BCUT2D eigenvalue weighted by Crippen LogP contribution is 2.58. The summed E-state index contributed by atoms with van der Waals surface area (Å²) in [5, 5.41) is 70.9. The summed E-state index contributed by atoms with van der Waals surface area (Å²) in [5.74, 6) is -0.871. The molecule has 0 spiro atoms. The number of nitrogens with two attached hydrogens (primary N) is 1. The van der Waals surface area contributed by atoms with Gasteiger partial charge in [-0.05, 0) is 10.8 Å². The van der Waals surface area contributed by atoms with Crippen LogP contribution in [0.4, 0.5) is 17.3 Å². The molecule has 1 aromatic carbocycles. The van der Waals surface area contributed by atoms with Gasteiger partial charge in [-0.3, -0.25) is 4.79 Å². The van der Waals surface area contributed by atoms with E-state index >= 15 is 0 Å². The fourth-order valence-electron chi connectivity index (χ4n) is 9.95. The fourth-order valence-corrected chi connectivity index (χ4v) is 9.95. The fraction of sp³-hybridized carbons (Fsp3) is 0.500. The molecule has 0 radical (unpaired) electrons. The summed E-state index contributed by atoms with van der Waals surface area (Å²) in [4.78, 5) is 25.6. The number of carbonyl (C=O) groups excluding carboxylic acids is 1. The normalized spacial score (nSPS) is 29.1. The molecule has 0 bridgehead atoms. The number of aliphatic hydroxyl groups is 6. The van der Waals surface area contributed by atoms with E-state index in [4.69, 9.17) is 15.5 Å². The van der Waals surface area contributed by atoms with E-state index in [1.807, 2.05) is 78.5 Å². The van der Waals surface area contributed by atoms with Crippen LogP contribution >= 0.6 is 0 Å². The van der Waals surface area contributed by atoms with Gasteiger partial charge in [0.25, 0.3) is 5.91 Å². The zero-order chi connectivity index (χ0) is 44.8. The SMILES string of the molecule is Bc1c(B)c(C(B)(B)N2c3nc(OC(B)(B)C(B)(O)C(B)(B)C(B)(B)B)nc(N)c3NC(=O)C2(B)O)c(B)c(C(B)(O)N2C(B)(O)C(B)(B)C(B)(O)C2(B)O)c1B. The van der Waals surface area contributed by atoms with Crippen molar-refractivity contribution in [3.63, 3.8) is 0 Å². The number of nitrogens with zero attached hydrogens (tertiary/aromatic N) is 4. The third-order valence-electron chi connectivity index (χ3n) is 15.7. The van der Waals surface area contributed by atoms with Gasteiger partial charge in [0.05, 0.1) is 55.8 Å². The molecule has 2 aromatic rings. The molecule has 57 heavy (non-hydrogen) atoms. The quantitative estimate of drug-likeness (QED) is 0.112. The van der Waals surface area contributed by atoms with Crippen molar-refractivity contribution in [2.24, 2.45) is 0 Å². The molecule has 0 aliphatic carbocycles. The number of hydrogen-bond donors (Lipinski definition) is 8. The molecule has 1 fully saturated rings. The molecule has 9 N–H and O–H groups in total. The summed E-state index contributed by atoms with van der Waals surface area (Å²) in [6, 6.07) is -0.195. The highest BCUT2D eigenvalue weighted by Gasteiger charge is 2.74. The molecule has 14 nitrogen and oxygen atoms in total. The molecular weight excluding hydrogens is 703 g/mol. The lowest BCUT2D eigenvalue weighted by Gasteiger charge is -2.57. The first-order valence-corrected chi connectivity index (χ1v) is 19.7. The van der Waals surface area contributed by atoms with Crippen LogP contribution in [0, 0.1) is 0 Å². The first kappa shape index (κ1) is 47.9. The minimum absolute atomic E-state index is 0.0474. The number of nitrogen functional groups attached to an aromatic ring is 1. The van der Waals surface area contributed by atoms with E-state index in [2.05, 4.69) is 10.3 Å². The summed E-state index contributed by atoms with van der Waals surface area (Å²) in [6.45, 7) is 0. The lowest BCUT2D eigenvalue weighted by molar-refractivity contribution is -0.221. The van der Waals surface area contributed by atoms with Crippen LogP contribution in [0.25, 0.3) is 0 Å². The van der Waals surface area contributed by atoms with Gasteiger partial charge in [0.1, 0.15) is 111 Å². The van der Waals surface area contributed by atoms with Crippen molar-refractivity contribution in [2.75, 3.05) is 16.0 Å². The van der Waals surface area contributed by atoms with Crippen LogP contribution in [0.15, 0.2) is 0 Å². The second kappa shape index (κ2) is 13.4. The Bertz CT molecular complexity index is 2000. The molecule has 6 unspecified atom stereocenters. The number of rotatable bonds is 9. The first-order chi connectivity index (χ1) is 25.0. The van der Waals surface area contributed by atoms with E-state index < -0.39 is 60.6 Å². The van der Waals surface area contributed by atoms with E-state index in [9.17, 15) is 35.4 Å². The van der Waals surface area contributed by atoms with Crippen molar-refractivity contribution in [1.82, 2.24) is 14.9 Å². The monoisotopic (exact) mass is 759 g/mol. The maximum Gasteiger partial charge on any atom is 0.319 e. The molecule has 1 amide bonds. The number of ether oxygens (including phenoxy) is 1. The van der Waals surface area contributed by atoms with E-state index in [1.54, 1.807) is 47.1 Å². The van der Waals surface area contributed by atoms with Gasteiger partial charge in [-0.2, -0.15) is 9.97 Å². The predicted molar refractivity (Wildman–Crippen MR) is 286 cm³/mol. The molecule has 6 atom stereocenters. The molecule has 280 valence electrons. The summed E-state index contributed by atoms with van der Waals surface area (Å²) in [7, 11) is 36.6. The Balaban J connectivity index is 2.03. The van der Waals surface area contributed by atoms with Crippen molar-refractivity contribution >= 4 is 210 Å². The van der Waals surface area contributed by atoms with Crippen molar-refractivity contribution < 1.29 is 40.2 Å². The largest absolute Gasteiger partial charge is 0.474 e.